The zero-order chi connectivity index (χ0) is 23.8. The number of carbonyl (C=O) groups is 1. The normalized spacial score (nSPS) is 16.5. The number of hydrogen-bond acceptors (Lipinski definition) is 5. The smallest absolute Gasteiger partial charge is 0.257 e. The van der Waals surface area contributed by atoms with Gasteiger partial charge in [0, 0.05) is 11.6 Å². The molecule has 1 atom stereocenters. The Labute approximate surface area is 191 Å². The van der Waals surface area contributed by atoms with Gasteiger partial charge in [-0.3, -0.25) is 9.69 Å². The molecule has 6 nitrogen and oxygen atoms in total. The standard InChI is InChI=1S/C25H33NO5Si/c1-16-23(26(24(16)27)19-12-11-18(28-5)15-21(19)30-7)17-10-13-20(29-6)22(14-17)31-32(8,9)25(2,3)4/h10-15,23H,1H2,2-9H3. The van der Waals surface area contributed by atoms with Crippen LogP contribution in [0.3, 0.4) is 0 Å². The first-order valence-corrected chi connectivity index (χ1v) is 13.5. The monoisotopic (exact) mass is 455 g/mol. The number of rotatable bonds is 7. The van der Waals surface area contributed by atoms with E-state index in [0.29, 0.717) is 34.3 Å². The minimum Gasteiger partial charge on any atom is -0.541 e. The van der Waals surface area contributed by atoms with Crippen LogP contribution < -0.4 is 23.5 Å². The lowest BCUT2D eigenvalue weighted by molar-refractivity contribution is -0.119. The summed E-state index contributed by atoms with van der Waals surface area (Å²) in [6.07, 6.45) is 0. The van der Waals surface area contributed by atoms with Gasteiger partial charge in [-0.2, -0.15) is 0 Å². The van der Waals surface area contributed by atoms with Gasteiger partial charge in [-0.15, -0.1) is 0 Å². The number of ether oxygens (including phenoxy) is 3. The first kappa shape index (κ1) is 23.7. The van der Waals surface area contributed by atoms with E-state index in [0.717, 1.165) is 5.56 Å². The number of β-lactam (4-membered cyclic amide) rings is 1. The number of nitrogens with zero attached hydrogens (tertiary/aromatic N) is 1. The lowest BCUT2D eigenvalue weighted by Crippen LogP contribution is -2.49. The van der Waals surface area contributed by atoms with Crippen LogP contribution in [0.5, 0.6) is 23.0 Å². The number of carbonyl (C=O) groups excluding carboxylic acids is 1. The minimum atomic E-state index is -2.10. The predicted octanol–water partition coefficient (Wildman–Crippen LogP) is 5.74. The molecule has 2 aromatic rings. The van der Waals surface area contributed by atoms with E-state index in [1.807, 2.05) is 30.3 Å². The molecule has 1 aliphatic rings. The van der Waals surface area contributed by atoms with Gasteiger partial charge in [0.15, 0.2) is 5.75 Å². The van der Waals surface area contributed by atoms with E-state index < -0.39 is 8.32 Å². The third-order valence-corrected chi connectivity index (χ3v) is 10.7. The minimum absolute atomic E-state index is 0.0343. The molecule has 1 unspecified atom stereocenters. The Hall–Kier alpha value is -2.93. The van der Waals surface area contributed by atoms with Crippen molar-refractivity contribution in [1.82, 2.24) is 0 Å². The molecule has 0 aromatic heterocycles. The molecule has 1 saturated heterocycles. The molecule has 0 bridgehead atoms. The van der Waals surface area contributed by atoms with Crippen molar-refractivity contribution in [3.05, 3.63) is 54.1 Å². The fourth-order valence-electron chi connectivity index (χ4n) is 3.43. The quantitative estimate of drug-likeness (QED) is 0.303. The fourth-order valence-corrected chi connectivity index (χ4v) is 4.45. The maximum atomic E-state index is 12.8. The van der Waals surface area contributed by atoms with E-state index in [-0.39, 0.29) is 17.0 Å². The second-order valence-corrected chi connectivity index (χ2v) is 14.1. The third-order valence-electron chi connectivity index (χ3n) is 6.40. The highest BCUT2D eigenvalue weighted by Gasteiger charge is 2.45. The van der Waals surface area contributed by atoms with Crippen LogP contribution in [0, 0.1) is 0 Å². The summed E-state index contributed by atoms with van der Waals surface area (Å²) < 4.78 is 23.0. The average Bonchev–Trinajstić information content (AvgIpc) is 2.75. The van der Waals surface area contributed by atoms with Gasteiger partial charge >= 0.3 is 0 Å². The van der Waals surface area contributed by atoms with Crippen molar-refractivity contribution in [1.29, 1.82) is 0 Å². The SMILES string of the molecule is C=C1C(=O)N(c2ccc(OC)cc2OC)C1c1ccc(OC)c(O[Si](C)(C)C(C)(C)C)c1. The molecule has 0 radical (unpaired) electrons. The fraction of sp³-hybridized carbons (Fsp3) is 0.400. The topological polar surface area (TPSA) is 57.2 Å². The Bertz CT molecular complexity index is 1040. The number of amides is 1. The Balaban J connectivity index is 2.03. The van der Waals surface area contributed by atoms with Crippen molar-refractivity contribution in [3.63, 3.8) is 0 Å². The summed E-state index contributed by atoms with van der Waals surface area (Å²) >= 11 is 0. The summed E-state index contributed by atoms with van der Waals surface area (Å²) in [5, 5.41) is 0.0343. The van der Waals surface area contributed by atoms with E-state index >= 15 is 0 Å². The second kappa shape index (κ2) is 8.54. The summed E-state index contributed by atoms with van der Waals surface area (Å²) in [7, 11) is 2.70. The van der Waals surface area contributed by atoms with Gasteiger partial charge in [0.05, 0.1) is 33.1 Å². The summed E-state index contributed by atoms with van der Waals surface area (Å²) in [5.74, 6) is 2.43. The number of anilines is 1. The van der Waals surface area contributed by atoms with Crippen molar-refractivity contribution < 1.29 is 23.4 Å². The molecule has 7 heteroatoms. The maximum absolute atomic E-state index is 12.8. The maximum Gasteiger partial charge on any atom is 0.257 e. The van der Waals surface area contributed by atoms with E-state index in [9.17, 15) is 4.79 Å². The van der Waals surface area contributed by atoms with Crippen molar-refractivity contribution in [2.45, 2.75) is 44.9 Å². The molecular weight excluding hydrogens is 422 g/mol. The highest BCUT2D eigenvalue weighted by Crippen LogP contribution is 2.48. The molecule has 3 rings (SSSR count). The highest BCUT2D eigenvalue weighted by molar-refractivity contribution is 6.74. The summed E-state index contributed by atoms with van der Waals surface area (Å²) in [4.78, 5) is 14.5. The molecule has 0 spiro atoms. The van der Waals surface area contributed by atoms with Crippen LogP contribution in [0.25, 0.3) is 0 Å². The Morgan fingerprint density at radius 1 is 0.906 bits per heavy atom. The van der Waals surface area contributed by atoms with E-state index in [1.165, 1.54) is 0 Å². The van der Waals surface area contributed by atoms with Crippen molar-refractivity contribution in [2.24, 2.45) is 0 Å². The summed E-state index contributed by atoms with van der Waals surface area (Å²) in [5.41, 5.74) is 2.09. The molecule has 32 heavy (non-hydrogen) atoms. The van der Waals surface area contributed by atoms with Crippen LogP contribution >= 0.6 is 0 Å². The lowest BCUT2D eigenvalue weighted by Gasteiger charge is -2.43. The van der Waals surface area contributed by atoms with E-state index in [2.05, 4.69) is 40.4 Å². The molecule has 1 aliphatic heterocycles. The van der Waals surface area contributed by atoms with E-state index in [1.54, 1.807) is 32.3 Å². The number of benzene rings is 2. The number of methoxy groups -OCH3 is 3. The number of hydrogen-bond donors (Lipinski definition) is 0. The van der Waals surface area contributed by atoms with Crippen LogP contribution in [-0.2, 0) is 4.79 Å². The van der Waals surface area contributed by atoms with Crippen LogP contribution in [-0.4, -0.2) is 35.6 Å². The molecule has 172 valence electrons. The molecule has 0 saturated carbocycles. The third kappa shape index (κ3) is 4.09. The molecule has 1 amide bonds. The van der Waals surface area contributed by atoms with Crippen LogP contribution in [0.4, 0.5) is 5.69 Å². The van der Waals surface area contributed by atoms with Gasteiger partial charge in [0.25, 0.3) is 14.2 Å². The molecule has 1 fully saturated rings. The van der Waals surface area contributed by atoms with Gasteiger partial charge in [0.2, 0.25) is 0 Å². The summed E-state index contributed by atoms with van der Waals surface area (Å²) in [6.45, 7) is 15.0. The van der Waals surface area contributed by atoms with Crippen molar-refractivity contribution >= 4 is 19.9 Å². The van der Waals surface area contributed by atoms with Gasteiger partial charge in [-0.1, -0.05) is 33.4 Å². The van der Waals surface area contributed by atoms with Crippen LogP contribution in [0.15, 0.2) is 48.6 Å². The van der Waals surface area contributed by atoms with Gasteiger partial charge in [0.1, 0.15) is 17.2 Å². The zero-order valence-corrected chi connectivity index (χ0v) is 21.2. The molecule has 1 heterocycles. The molecule has 0 aliphatic carbocycles. The Morgan fingerprint density at radius 3 is 2.12 bits per heavy atom. The predicted molar refractivity (Wildman–Crippen MR) is 130 cm³/mol. The molecule has 0 N–H and O–H groups in total. The molecular formula is C25H33NO5Si. The first-order chi connectivity index (χ1) is 14.9. The average molecular weight is 456 g/mol. The highest BCUT2D eigenvalue weighted by atomic mass is 28.4. The zero-order valence-electron chi connectivity index (χ0n) is 20.2. The lowest BCUT2D eigenvalue weighted by atomic mass is 9.88. The molecule has 2 aromatic carbocycles. The van der Waals surface area contributed by atoms with Crippen LogP contribution in [0.1, 0.15) is 32.4 Å². The van der Waals surface area contributed by atoms with Gasteiger partial charge in [-0.05, 0) is 48.0 Å². The first-order valence-electron chi connectivity index (χ1n) is 10.6. The van der Waals surface area contributed by atoms with E-state index in [4.69, 9.17) is 18.6 Å². The Morgan fingerprint density at radius 2 is 1.56 bits per heavy atom. The largest absolute Gasteiger partial charge is 0.541 e. The summed E-state index contributed by atoms with van der Waals surface area (Å²) in [6, 6.07) is 10.9. The van der Waals surface area contributed by atoms with Crippen molar-refractivity contribution in [2.75, 3.05) is 26.2 Å². The Kier molecular flexibility index (Phi) is 6.33. The van der Waals surface area contributed by atoms with Crippen LogP contribution in [0.2, 0.25) is 18.1 Å². The van der Waals surface area contributed by atoms with Gasteiger partial charge < -0.3 is 18.6 Å². The second-order valence-electron chi connectivity index (χ2n) is 9.41. The van der Waals surface area contributed by atoms with Crippen molar-refractivity contribution in [3.8, 4) is 23.0 Å². The van der Waals surface area contributed by atoms with Gasteiger partial charge in [-0.25, -0.2) is 0 Å².